The van der Waals surface area contributed by atoms with Crippen molar-refractivity contribution in [1.29, 1.82) is 0 Å². The summed E-state index contributed by atoms with van der Waals surface area (Å²) < 4.78 is 45.1. The lowest BCUT2D eigenvalue weighted by molar-refractivity contribution is -0.145. The molecule has 2 amide bonds. The first-order valence-electron chi connectivity index (χ1n) is 8.09. The third kappa shape index (κ3) is 3.22. The number of benzene rings is 2. The normalized spacial score (nSPS) is 19.3. The van der Waals surface area contributed by atoms with Crippen molar-refractivity contribution in [3.63, 3.8) is 0 Å². The van der Waals surface area contributed by atoms with Crippen molar-refractivity contribution in [3.8, 4) is 5.75 Å². The predicted octanol–water partition coefficient (Wildman–Crippen LogP) is 3.77. The third-order valence-electron chi connectivity index (χ3n) is 4.42. The number of hydrogen-bond acceptors (Lipinski definition) is 3. The van der Waals surface area contributed by atoms with Gasteiger partial charge in [-0.25, -0.2) is 0 Å². The molecule has 27 heavy (non-hydrogen) atoms. The molecule has 0 aromatic heterocycles. The largest absolute Gasteiger partial charge is 0.465 e. The molecule has 0 radical (unpaired) electrons. The summed E-state index contributed by atoms with van der Waals surface area (Å²) >= 11 is 0. The molecule has 142 valence electrons. The number of hydrogen-bond donors (Lipinski definition) is 1. The van der Waals surface area contributed by atoms with Crippen LogP contribution in [0.1, 0.15) is 18.1 Å². The Bertz CT molecular complexity index is 927. The highest BCUT2D eigenvalue weighted by molar-refractivity contribution is 6.19. The number of rotatable bonds is 2. The fourth-order valence-corrected chi connectivity index (χ4v) is 2.89. The number of likely N-dealkylation sites (N-methyl/N-ethyl adjacent to an activating group) is 1. The van der Waals surface area contributed by atoms with Crippen LogP contribution < -0.4 is 15.0 Å². The van der Waals surface area contributed by atoms with Gasteiger partial charge < -0.3 is 15.0 Å². The van der Waals surface area contributed by atoms with Crippen LogP contribution in [0.15, 0.2) is 42.5 Å². The number of amides is 2. The zero-order valence-electron chi connectivity index (χ0n) is 14.8. The molecule has 2 aromatic carbocycles. The van der Waals surface area contributed by atoms with Gasteiger partial charge in [-0.1, -0.05) is 18.2 Å². The van der Waals surface area contributed by atoms with Crippen LogP contribution in [0.4, 0.5) is 24.5 Å². The molecular formula is C19H17F3N2O3. The summed E-state index contributed by atoms with van der Waals surface area (Å²) in [4.78, 5) is 26.8. The van der Waals surface area contributed by atoms with Gasteiger partial charge in [0.05, 0.1) is 16.9 Å². The number of alkyl halides is 3. The molecule has 5 nitrogen and oxygen atoms in total. The van der Waals surface area contributed by atoms with Gasteiger partial charge in [0.1, 0.15) is 5.75 Å². The van der Waals surface area contributed by atoms with E-state index in [1.165, 1.54) is 31.0 Å². The molecule has 1 unspecified atom stereocenters. The molecule has 2 aromatic rings. The number of nitrogens with one attached hydrogen (secondary N) is 1. The molecular weight excluding hydrogens is 361 g/mol. The number of fused-ring (bicyclic) bond motifs is 1. The molecule has 1 aliphatic heterocycles. The van der Waals surface area contributed by atoms with Gasteiger partial charge in [-0.05, 0) is 43.7 Å². The van der Waals surface area contributed by atoms with Gasteiger partial charge in [0.15, 0.2) is 0 Å². The number of nitrogens with zero attached hydrogens (tertiary/aromatic N) is 1. The summed E-state index contributed by atoms with van der Waals surface area (Å²) in [6.07, 6.45) is -4.65. The number of carbonyl (C=O) groups is 2. The molecule has 1 N–H and O–H groups in total. The topological polar surface area (TPSA) is 58.6 Å². The second-order valence-electron chi connectivity index (χ2n) is 6.47. The van der Waals surface area contributed by atoms with Gasteiger partial charge in [-0.3, -0.25) is 9.59 Å². The number of anilines is 2. The number of para-hydroxylation sites is 1. The smallest absolute Gasteiger partial charge is 0.418 e. The molecule has 0 saturated carbocycles. The Labute approximate surface area is 153 Å². The third-order valence-corrected chi connectivity index (χ3v) is 4.42. The van der Waals surface area contributed by atoms with Crippen molar-refractivity contribution in [3.05, 3.63) is 53.6 Å². The maximum absolute atomic E-state index is 13.2. The highest BCUT2D eigenvalue weighted by Crippen LogP contribution is 2.39. The van der Waals surface area contributed by atoms with Gasteiger partial charge in [-0.15, -0.1) is 0 Å². The van der Waals surface area contributed by atoms with Crippen LogP contribution in [0.5, 0.6) is 5.75 Å². The Kier molecular flexibility index (Phi) is 4.37. The van der Waals surface area contributed by atoms with E-state index in [1.807, 2.05) is 6.92 Å². The fourth-order valence-electron chi connectivity index (χ4n) is 2.89. The first-order valence-corrected chi connectivity index (χ1v) is 8.09. The standard InChI is InChI=1S/C19H17F3N2O3/c1-11-8-9-15-14(10-11)24(3)17(26)18(2,27-15)16(25)23-13-7-5-4-6-12(13)19(20,21)22/h4-10H,1-3H3,(H,23,25). The maximum Gasteiger partial charge on any atom is 0.418 e. The summed E-state index contributed by atoms with van der Waals surface area (Å²) in [5, 5.41) is 2.19. The highest BCUT2D eigenvalue weighted by atomic mass is 19.4. The van der Waals surface area contributed by atoms with Crippen LogP contribution in [0.2, 0.25) is 0 Å². The van der Waals surface area contributed by atoms with E-state index >= 15 is 0 Å². The summed E-state index contributed by atoms with van der Waals surface area (Å²) in [6, 6.07) is 9.64. The first-order chi connectivity index (χ1) is 12.5. The van der Waals surface area contributed by atoms with Gasteiger partial charge in [0, 0.05) is 7.05 Å². The minimum absolute atomic E-state index is 0.296. The number of halogens is 3. The average Bonchev–Trinajstić information content (AvgIpc) is 2.60. The second kappa shape index (κ2) is 6.29. The zero-order chi connectivity index (χ0) is 20.0. The molecule has 0 saturated heterocycles. The summed E-state index contributed by atoms with van der Waals surface area (Å²) in [5.41, 5.74) is -2.07. The van der Waals surface area contributed by atoms with Crippen LogP contribution in [0.25, 0.3) is 0 Å². The molecule has 1 aliphatic rings. The Morgan fingerprint density at radius 1 is 1.19 bits per heavy atom. The highest BCUT2D eigenvalue weighted by Gasteiger charge is 2.50. The van der Waals surface area contributed by atoms with E-state index in [-0.39, 0.29) is 0 Å². The van der Waals surface area contributed by atoms with E-state index < -0.39 is 34.8 Å². The molecule has 1 heterocycles. The van der Waals surface area contributed by atoms with E-state index in [2.05, 4.69) is 5.32 Å². The lowest BCUT2D eigenvalue weighted by Crippen LogP contribution is -2.59. The van der Waals surface area contributed by atoms with Crippen molar-refractivity contribution >= 4 is 23.2 Å². The average molecular weight is 378 g/mol. The van der Waals surface area contributed by atoms with Gasteiger partial charge >= 0.3 is 6.18 Å². The second-order valence-corrected chi connectivity index (χ2v) is 6.47. The SMILES string of the molecule is Cc1ccc2c(c1)N(C)C(=O)C(C)(C(=O)Nc1ccccc1C(F)(F)F)O2. The first kappa shape index (κ1) is 18.8. The molecule has 0 aliphatic carbocycles. The van der Waals surface area contributed by atoms with Crippen molar-refractivity contribution in [2.75, 3.05) is 17.3 Å². The summed E-state index contributed by atoms with van der Waals surface area (Å²) in [5.74, 6) is -1.37. The Morgan fingerprint density at radius 2 is 1.85 bits per heavy atom. The van der Waals surface area contributed by atoms with E-state index in [0.717, 1.165) is 17.7 Å². The van der Waals surface area contributed by atoms with Crippen LogP contribution in [0.3, 0.4) is 0 Å². The van der Waals surface area contributed by atoms with Gasteiger partial charge in [-0.2, -0.15) is 13.2 Å². The Hall–Kier alpha value is -3.03. The quantitative estimate of drug-likeness (QED) is 0.810. The van der Waals surface area contributed by atoms with Crippen molar-refractivity contribution < 1.29 is 27.5 Å². The lowest BCUT2D eigenvalue weighted by atomic mass is 9.99. The Balaban J connectivity index is 1.96. The van der Waals surface area contributed by atoms with Gasteiger partial charge in [0.2, 0.25) is 0 Å². The van der Waals surface area contributed by atoms with E-state index in [1.54, 1.807) is 18.2 Å². The lowest BCUT2D eigenvalue weighted by Gasteiger charge is -2.38. The van der Waals surface area contributed by atoms with Crippen molar-refractivity contribution in [2.24, 2.45) is 0 Å². The van der Waals surface area contributed by atoms with Crippen LogP contribution in [-0.2, 0) is 15.8 Å². The van der Waals surface area contributed by atoms with Crippen LogP contribution >= 0.6 is 0 Å². The zero-order valence-corrected chi connectivity index (χ0v) is 14.8. The predicted molar refractivity (Wildman–Crippen MR) is 93.7 cm³/mol. The minimum Gasteiger partial charge on any atom is -0.465 e. The number of aryl methyl sites for hydroxylation is 1. The number of ether oxygens (including phenoxy) is 1. The van der Waals surface area contributed by atoms with Crippen LogP contribution in [0, 0.1) is 6.92 Å². The molecule has 8 heteroatoms. The van der Waals surface area contributed by atoms with Crippen LogP contribution in [-0.4, -0.2) is 24.5 Å². The molecule has 1 atom stereocenters. The molecule has 0 fully saturated rings. The van der Waals surface area contributed by atoms with Crippen molar-refractivity contribution in [2.45, 2.75) is 25.6 Å². The molecule has 3 rings (SSSR count). The molecule has 0 bridgehead atoms. The molecule has 0 spiro atoms. The van der Waals surface area contributed by atoms with E-state index in [4.69, 9.17) is 4.74 Å². The number of carbonyl (C=O) groups excluding carboxylic acids is 2. The van der Waals surface area contributed by atoms with E-state index in [9.17, 15) is 22.8 Å². The summed E-state index contributed by atoms with van der Waals surface area (Å²) in [6.45, 7) is 3.08. The monoisotopic (exact) mass is 378 g/mol. The van der Waals surface area contributed by atoms with Gasteiger partial charge in [0.25, 0.3) is 17.4 Å². The minimum atomic E-state index is -4.65. The summed E-state index contributed by atoms with van der Waals surface area (Å²) in [7, 11) is 1.48. The fraction of sp³-hybridized carbons (Fsp3) is 0.263. The van der Waals surface area contributed by atoms with E-state index in [0.29, 0.717) is 11.4 Å². The maximum atomic E-state index is 13.2. The van der Waals surface area contributed by atoms with Crippen molar-refractivity contribution in [1.82, 2.24) is 0 Å². The Morgan fingerprint density at radius 3 is 2.52 bits per heavy atom.